The number of methoxy groups -OCH3 is 1. The van der Waals surface area contributed by atoms with Crippen molar-refractivity contribution in [3.05, 3.63) is 119 Å². The predicted molar refractivity (Wildman–Crippen MR) is 133 cm³/mol. The van der Waals surface area contributed by atoms with E-state index in [0.29, 0.717) is 37.7 Å². The zero-order chi connectivity index (χ0) is 25.4. The number of ether oxygens (including phenoxy) is 1. The number of fused-ring (bicyclic) bond motifs is 1. The summed E-state index contributed by atoms with van der Waals surface area (Å²) in [7, 11) is 1.30. The number of hydrogen-bond acceptors (Lipinski definition) is 8. The second-order valence-corrected chi connectivity index (χ2v) is 9.00. The minimum absolute atomic E-state index is 0.0450. The number of furan rings is 1. The monoisotopic (exact) mass is 501 g/mol. The van der Waals surface area contributed by atoms with Crippen LogP contribution in [0.3, 0.4) is 0 Å². The van der Waals surface area contributed by atoms with Crippen molar-refractivity contribution in [1.29, 1.82) is 0 Å². The van der Waals surface area contributed by atoms with Crippen LogP contribution >= 0.6 is 11.3 Å². The molecule has 0 spiro atoms. The number of nitro groups is 1. The van der Waals surface area contributed by atoms with Crippen LogP contribution in [0.15, 0.2) is 92.2 Å². The van der Waals surface area contributed by atoms with Crippen LogP contribution in [0.1, 0.15) is 24.3 Å². The van der Waals surface area contributed by atoms with E-state index in [1.807, 2.05) is 30.3 Å². The van der Waals surface area contributed by atoms with Crippen molar-refractivity contribution in [3.8, 4) is 11.3 Å². The molecule has 0 N–H and O–H groups in total. The molecule has 1 atom stereocenters. The SMILES string of the molecule is COC(=O)C1=C(C)N=c2s/c(=C\c3ccc(-c4cccc([N+](=O)[O-])c4)o3)c(=O)n2[C@@H]1c1ccccc1. The van der Waals surface area contributed by atoms with Crippen molar-refractivity contribution in [2.45, 2.75) is 13.0 Å². The third-order valence-electron chi connectivity index (χ3n) is 5.78. The van der Waals surface area contributed by atoms with Crippen LogP contribution in [0.5, 0.6) is 0 Å². The molecule has 0 amide bonds. The Hall–Kier alpha value is -4.57. The summed E-state index contributed by atoms with van der Waals surface area (Å²) in [5, 5.41) is 11.1. The molecule has 0 radical (unpaired) electrons. The molecule has 0 unspecified atom stereocenters. The summed E-state index contributed by atoms with van der Waals surface area (Å²) in [5.41, 5.74) is 1.72. The van der Waals surface area contributed by atoms with Gasteiger partial charge in [-0.2, -0.15) is 0 Å². The highest BCUT2D eigenvalue weighted by Gasteiger charge is 2.32. The standard InChI is InChI=1S/C26H19N3O6S/c1-15-22(25(31)34-2)23(16-7-4-3-5-8-16)28-24(30)21(36-26(28)27-15)14-19-11-12-20(35-19)17-9-6-10-18(13-17)29(32)33/h3-14,23H,1-2H3/b21-14-/t23-/m1/s1. The Balaban J connectivity index is 1.62. The summed E-state index contributed by atoms with van der Waals surface area (Å²) in [6, 6.07) is 18.0. The summed E-state index contributed by atoms with van der Waals surface area (Å²) in [6.45, 7) is 1.72. The molecule has 0 saturated carbocycles. The highest BCUT2D eigenvalue weighted by Crippen LogP contribution is 2.30. The zero-order valence-corrected chi connectivity index (χ0v) is 20.0. The molecule has 0 saturated heterocycles. The van der Waals surface area contributed by atoms with Gasteiger partial charge < -0.3 is 9.15 Å². The molecule has 36 heavy (non-hydrogen) atoms. The summed E-state index contributed by atoms with van der Waals surface area (Å²) in [4.78, 5) is 41.8. The first-order chi connectivity index (χ1) is 17.4. The lowest BCUT2D eigenvalue weighted by Gasteiger charge is -2.24. The second kappa shape index (κ2) is 9.23. The van der Waals surface area contributed by atoms with Crippen LogP contribution in [0.25, 0.3) is 17.4 Å². The molecule has 5 rings (SSSR count). The molecule has 2 aromatic carbocycles. The number of rotatable bonds is 5. The summed E-state index contributed by atoms with van der Waals surface area (Å²) in [6.07, 6.45) is 1.60. The van der Waals surface area contributed by atoms with Gasteiger partial charge in [0, 0.05) is 23.8 Å². The quantitative estimate of drug-likeness (QED) is 0.234. The van der Waals surface area contributed by atoms with Crippen molar-refractivity contribution in [3.63, 3.8) is 0 Å². The van der Waals surface area contributed by atoms with Gasteiger partial charge in [-0.3, -0.25) is 19.5 Å². The summed E-state index contributed by atoms with van der Waals surface area (Å²) < 4.78 is 12.7. The molecule has 1 aliphatic rings. The third-order valence-corrected chi connectivity index (χ3v) is 6.77. The smallest absolute Gasteiger partial charge is 0.338 e. The lowest BCUT2D eigenvalue weighted by atomic mass is 9.96. The zero-order valence-electron chi connectivity index (χ0n) is 19.2. The number of nitrogens with zero attached hydrogens (tertiary/aromatic N) is 3. The maximum Gasteiger partial charge on any atom is 0.338 e. The molecular formula is C26H19N3O6S. The Bertz CT molecular complexity index is 1710. The van der Waals surface area contributed by atoms with E-state index in [1.54, 1.807) is 37.3 Å². The predicted octanol–water partition coefficient (Wildman–Crippen LogP) is 3.58. The number of allylic oxidation sites excluding steroid dienone is 1. The Morgan fingerprint density at radius 3 is 2.67 bits per heavy atom. The van der Waals surface area contributed by atoms with Crippen molar-refractivity contribution < 1.29 is 18.9 Å². The molecule has 2 aromatic heterocycles. The minimum atomic E-state index is -0.686. The molecule has 0 aliphatic carbocycles. The molecule has 9 nitrogen and oxygen atoms in total. The Morgan fingerprint density at radius 1 is 1.17 bits per heavy atom. The number of nitro benzene ring substituents is 1. The van der Waals surface area contributed by atoms with Crippen molar-refractivity contribution in [2.75, 3.05) is 7.11 Å². The highest BCUT2D eigenvalue weighted by atomic mass is 32.1. The first-order valence-corrected chi connectivity index (χ1v) is 11.7. The van der Waals surface area contributed by atoms with Crippen LogP contribution < -0.4 is 14.9 Å². The average Bonchev–Trinajstić information content (AvgIpc) is 3.48. The van der Waals surface area contributed by atoms with Crippen LogP contribution in [-0.4, -0.2) is 22.6 Å². The van der Waals surface area contributed by atoms with E-state index in [9.17, 15) is 19.7 Å². The van der Waals surface area contributed by atoms with Crippen molar-refractivity contribution in [2.24, 2.45) is 4.99 Å². The van der Waals surface area contributed by atoms with Gasteiger partial charge in [0.2, 0.25) is 0 Å². The van der Waals surface area contributed by atoms with Gasteiger partial charge >= 0.3 is 5.97 Å². The average molecular weight is 502 g/mol. The number of benzene rings is 2. The van der Waals surface area contributed by atoms with Gasteiger partial charge in [-0.05, 0) is 24.6 Å². The van der Waals surface area contributed by atoms with E-state index in [4.69, 9.17) is 9.15 Å². The van der Waals surface area contributed by atoms with E-state index in [2.05, 4.69) is 4.99 Å². The maximum absolute atomic E-state index is 13.6. The maximum atomic E-state index is 13.6. The number of carbonyl (C=O) groups excluding carboxylic acids is 1. The first kappa shape index (κ1) is 23.2. The van der Waals surface area contributed by atoms with E-state index >= 15 is 0 Å². The van der Waals surface area contributed by atoms with E-state index in [1.165, 1.54) is 35.1 Å². The number of carbonyl (C=O) groups is 1. The van der Waals surface area contributed by atoms with Crippen molar-refractivity contribution >= 4 is 29.1 Å². The first-order valence-electron chi connectivity index (χ1n) is 10.9. The van der Waals surface area contributed by atoms with Gasteiger partial charge in [0.25, 0.3) is 11.2 Å². The molecule has 0 bridgehead atoms. The third kappa shape index (κ3) is 4.07. The molecule has 1 aliphatic heterocycles. The van der Waals surface area contributed by atoms with E-state index < -0.39 is 16.9 Å². The van der Waals surface area contributed by atoms with Crippen LogP contribution in [0.4, 0.5) is 5.69 Å². The lowest BCUT2D eigenvalue weighted by Crippen LogP contribution is -2.39. The van der Waals surface area contributed by atoms with Crippen molar-refractivity contribution in [1.82, 2.24) is 4.57 Å². The molecule has 3 heterocycles. The van der Waals surface area contributed by atoms with Gasteiger partial charge in [0.15, 0.2) is 4.80 Å². The van der Waals surface area contributed by atoms with Crippen LogP contribution in [0.2, 0.25) is 0 Å². The highest BCUT2D eigenvalue weighted by molar-refractivity contribution is 7.07. The minimum Gasteiger partial charge on any atom is -0.466 e. The molecule has 180 valence electrons. The summed E-state index contributed by atoms with van der Waals surface area (Å²) in [5.74, 6) is 0.289. The van der Waals surface area contributed by atoms with Crippen LogP contribution in [0, 0.1) is 10.1 Å². The van der Waals surface area contributed by atoms with Gasteiger partial charge in [-0.25, -0.2) is 9.79 Å². The Morgan fingerprint density at radius 2 is 1.94 bits per heavy atom. The normalized spacial score (nSPS) is 15.4. The lowest BCUT2D eigenvalue weighted by molar-refractivity contribution is -0.384. The fourth-order valence-corrected chi connectivity index (χ4v) is 5.16. The number of hydrogen-bond donors (Lipinski definition) is 0. The number of aromatic nitrogens is 1. The number of esters is 1. The molecule has 4 aromatic rings. The molecule has 0 fully saturated rings. The summed E-state index contributed by atoms with van der Waals surface area (Å²) >= 11 is 1.18. The second-order valence-electron chi connectivity index (χ2n) is 7.99. The van der Waals surface area contributed by atoms with E-state index in [0.717, 1.165) is 5.56 Å². The molecular weight excluding hydrogens is 482 g/mol. The van der Waals surface area contributed by atoms with Gasteiger partial charge in [-0.15, -0.1) is 0 Å². The van der Waals surface area contributed by atoms with E-state index in [-0.39, 0.29) is 11.2 Å². The Labute approximate surface area is 208 Å². The number of thiazole rings is 1. The molecule has 10 heteroatoms. The largest absolute Gasteiger partial charge is 0.466 e. The fraction of sp³-hybridized carbons (Fsp3) is 0.115. The van der Waals surface area contributed by atoms with Gasteiger partial charge in [0.1, 0.15) is 11.5 Å². The Kier molecular flexibility index (Phi) is 5.95. The fourth-order valence-electron chi connectivity index (χ4n) is 4.13. The topological polar surface area (TPSA) is 117 Å². The van der Waals surface area contributed by atoms with Gasteiger partial charge in [0.05, 0.1) is 33.9 Å². The van der Waals surface area contributed by atoms with Crippen LogP contribution in [-0.2, 0) is 9.53 Å². The van der Waals surface area contributed by atoms with Gasteiger partial charge in [-0.1, -0.05) is 53.8 Å². The number of non-ortho nitro benzene ring substituents is 1.